The summed E-state index contributed by atoms with van der Waals surface area (Å²) in [5, 5.41) is 76.8. The molecule has 0 spiro atoms. The molecule has 0 aromatic heterocycles. The summed E-state index contributed by atoms with van der Waals surface area (Å²) in [6.07, 6.45) is -15.7. The summed E-state index contributed by atoms with van der Waals surface area (Å²) in [5.74, 6) is 0. The standard InChI is InChI=1S/C12H22O11/c13-1-3-5(15)7(17)8(18)12(22-3)23-10-6(16)4(2-14)21-11(20)9(10)19/h3-20H,1-2H2/t3-,4-,5-,6+,7+,8-,9-,10+,11-,12-/m1/s1. The van der Waals surface area contributed by atoms with Crippen LogP contribution in [0.25, 0.3) is 0 Å². The molecule has 0 amide bonds. The lowest BCUT2D eigenvalue weighted by Crippen LogP contribution is -2.64. The minimum Gasteiger partial charge on any atom is -0.394 e. The zero-order chi connectivity index (χ0) is 17.3. The lowest BCUT2D eigenvalue weighted by molar-refractivity contribution is -0.355. The molecule has 11 nitrogen and oxygen atoms in total. The van der Waals surface area contributed by atoms with Crippen LogP contribution in [0, 0.1) is 0 Å². The van der Waals surface area contributed by atoms with Gasteiger partial charge in [0.05, 0.1) is 13.2 Å². The van der Waals surface area contributed by atoms with Crippen LogP contribution in [0.1, 0.15) is 0 Å². The molecule has 0 saturated carbocycles. The largest absolute Gasteiger partial charge is 0.394 e. The zero-order valence-corrected chi connectivity index (χ0v) is 12.0. The predicted molar refractivity (Wildman–Crippen MR) is 68.6 cm³/mol. The van der Waals surface area contributed by atoms with Gasteiger partial charge in [-0.1, -0.05) is 0 Å². The number of hydrogen-bond donors (Lipinski definition) is 8. The van der Waals surface area contributed by atoms with Crippen LogP contribution in [-0.2, 0) is 14.2 Å². The van der Waals surface area contributed by atoms with Crippen molar-refractivity contribution in [2.75, 3.05) is 13.2 Å². The van der Waals surface area contributed by atoms with E-state index in [1.807, 2.05) is 0 Å². The highest BCUT2D eigenvalue weighted by atomic mass is 16.7. The fourth-order valence-electron chi connectivity index (χ4n) is 2.56. The van der Waals surface area contributed by atoms with Crippen molar-refractivity contribution in [1.82, 2.24) is 0 Å². The monoisotopic (exact) mass is 342 g/mol. The Hall–Kier alpha value is -0.440. The Morgan fingerprint density at radius 1 is 0.652 bits per heavy atom. The van der Waals surface area contributed by atoms with Crippen molar-refractivity contribution < 1.29 is 55.1 Å². The van der Waals surface area contributed by atoms with Crippen LogP contribution in [0.4, 0.5) is 0 Å². The molecule has 10 atom stereocenters. The van der Waals surface area contributed by atoms with Gasteiger partial charge in [0.15, 0.2) is 12.6 Å². The van der Waals surface area contributed by atoms with Gasteiger partial charge in [0.2, 0.25) is 0 Å². The number of ether oxygens (including phenoxy) is 3. The third kappa shape index (κ3) is 3.65. The molecule has 136 valence electrons. The molecule has 11 heteroatoms. The summed E-state index contributed by atoms with van der Waals surface area (Å²) in [4.78, 5) is 0. The maximum absolute atomic E-state index is 10.00. The van der Waals surface area contributed by atoms with Crippen LogP contribution in [0.15, 0.2) is 0 Å². The molecule has 2 heterocycles. The van der Waals surface area contributed by atoms with Crippen molar-refractivity contribution >= 4 is 0 Å². The average Bonchev–Trinajstić information content (AvgIpc) is 2.54. The van der Waals surface area contributed by atoms with Crippen LogP contribution in [-0.4, -0.2) is 115 Å². The molecule has 0 aliphatic carbocycles. The molecule has 2 aliphatic rings. The highest BCUT2D eigenvalue weighted by molar-refractivity contribution is 4.93. The Kier molecular flexibility index (Phi) is 6.27. The van der Waals surface area contributed by atoms with E-state index >= 15 is 0 Å². The molecule has 2 aliphatic heterocycles. The van der Waals surface area contributed by atoms with Gasteiger partial charge in [0, 0.05) is 0 Å². The number of hydrogen-bond acceptors (Lipinski definition) is 11. The zero-order valence-electron chi connectivity index (χ0n) is 12.0. The highest BCUT2D eigenvalue weighted by Crippen LogP contribution is 2.28. The van der Waals surface area contributed by atoms with Crippen LogP contribution >= 0.6 is 0 Å². The number of aliphatic hydroxyl groups excluding tert-OH is 8. The van der Waals surface area contributed by atoms with E-state index in [0.717, 1.165) is 0 Å². The maximum Gasteiger partial charge on any atom is 0.187 e. The third-order valence-corrected chi connectivity index (χ3v) is 3.98. The molecule has 2 saturated heterocycles. The summed E-state index contributed by atoms with van der Waals surface area (Å²) >= 11 is 0. The van der Waals surface area contributed by atoms with Gasteiger partial charge in [0.25, 0.3) is 0 Å². The van der Waals surface area contributed by atoms with Crippen molar-refractivity contribution in [3.8, 4) is 0 Å². The van der Waals surface area contributed by atoms with Gasteiger partial charge >= 0.3 is 0 Å². The SMILES string of the molecule is OC[C@H]1O[C@@H](O)[C@H](O)[C@@H](O[C@H]2O[C@H](CO)[C@@H](O)[C@H](O)[C@H]2O)[C@H]1O. The van der Waals surface area contributed by atoms with E-state index in [1.54, 1.807) is 0 Å². The molecule has 0 bridgehead atoms. The van der Waals surface area contributed by atoms with E-state index < -0.39 is 74.6 Å². The normalized spacial score (nSPS) is 51.7. The molecular formula is C12H22O11. The lowest BCUT2D eigenvalue weighted by atomic mass is 9.97. The Labute approximate surface area is 130 Å². The van der Waals surface area contributed by atoms with Crippen molar-refractivity contribution in [1.29, 1.82) is 0 Å². The summed E-state index contributed by atoms with van der Waals surface area (Å²) in [7, 11) is 0. The lowest BCUT2D eigenvalue weighted by Gasteiger charge is -2.45. The van der Waals surface area contributed by atoms with E-state index in [1.165, 1.54) is 0 Å². The second-order valence-corrected chi connectivity index (χ2v) is 5.53. The molecule has 0 unspecified atom stereocenters. The molecule has 8 N–H and O–H groups in total. The van der Waals surface area contributed by atoms with Crippen LogP contribution in [0.3, 0.4) is 0 Å². The second-order valence-electron chi connectivity index (χ2n) is 5.53. The predicted octanol–water partition coefficient (Wildman–Crippen LogP) is -5.40. The highest BCUT2D eigenvalue weighted by Gasteiger charge is 2.50. The summed E-state index contributed by atoms with van der Waals surface area (Å²) in [6, 6.07) is 0. The minimum atomic E-state index is -1.76. The van der Waals surface area contributed by atoms with Gasteiger partial charge in [-0.3, -0.25) is 0 Å². The Morgan fingerprint density at radius 3 is 1.78 bits per heavy atom. The third-order valence-electron chi connectivity index (χ3n) is 3.98. The first-order valence-corrected chi connectivity index (χ1v) is 7.08. The van der Waals surface area contributed by atoms with Crippen molar-refractivity contribution in [2.24, 2.45) is 0 Å². The molecule has 0 aromatic rings. The van der Waals surface area contributed by atoms with E-state index in [4.69, 9.17) is 24.4 Å². The van der Waals surface area contributed by atoms with E-state index in [0.29, 0.717) is 0 Å². The average molecular weight is 342 g/mol. The van der Waals surface area contributed by atoms with Crippen LogP contribution in [0.2, 0.25) is 0 Å². The fraction of sp³-hybridized carbons (Fsp3) is 1.00. The van der Waals surface area contributed by atoms with Gasteiger partial charge in [-0.25, -0.2) is 0 Å². The van der Waals surface area contributed by atoms with E-state index in [-0.39, 0.29) is 0 Å². The Bertz CT molecular complexity index is 380. The molecule has 2 fully saturated rings. The smallest absolute Gasteiger partial charge is 0.187 e. The number of rotatable bonds is 4. The fourth-order valence-corrected chi connectivity index (χ4v) is 2.56. The molecular weight excluding hydrogens is 320 g/mol. The summed E-state index contributed by atoms with van der Waals surface area (Å²) in [5.41, 5.74) is 0. The van der Waals surface area contributed by atoms with Crippen LogP contribution in [0.5, 0.6) is 0 Å². The Balaban J connectivity index is 2.11. The van der Waals surface area contributed by atoms with Crippen LogP contribution < -0.4 is 0 Å². The van der Waals surface area contributed by atoms with Gasteiger partial charge in [0.1, 0.15) is 48.8 Å². The minimum absolute atomic E-state index is 0.667. The second kappa shape index (κ2) is 7.63. The molecule has 0 aromatic carbocycles. The molecule has 2 rings (SSSR count). The quantitative estimate of drug-likeness (QED) is 0.243. The van der Waals surface area contributed by atoms with Gasteiger partial charge in [-0.15, -0.1) is 0 Å². The van der Waals surface area contributed by atoms with E-state index in [9.17, 15) is 30.6 Å². The topological polar surface area (TPSA) is 190 Å². The van der Waals surface area contributed by atoms with Crippen molar-refractivity contribution in [3.05, 3.63) is 0 Å². The van der Waals surface area contributed by atoms with Gasteiger partial charge in [-0.05, 0) is 0 Å². The van der Waals surface area contributed by atoms with Crippen molar-refractivity contribution in [2.45, 2.75) is 61.4 Å². The Morgan fingerprint density at radius 2 is 1.22 bits per heavy atom. The molecule has 0 radical (unpaired) electrons. The molecule has 23 heavy (non-hydrogen) atoms. The number of aliphatic hydroxyl groups is 8. The van der Waals surface area contributed by atoms with Gasteiger partial charge in [-0.2, -0.15) is 0 Å². The van der Waals surface area contributed by atoms with E-state index in [2.05, 4.69) is 0 Å². The summed E-state index contributed by atoms with van der Waals surface area (Å²) in [6.45, 7) is -1.34. The van der Waals surface area contributed by atoms with Gasteiger partial charge < -0.3 is 55.1 Å². The first-order valence-electron chi connectivity index (χ1n) is 7.08. The maximum atomic E-state index is 10.00. The van der Waals surface area contributed by atoms with Crippen molar-refractivity contribution in [3.63, 3.8) is 0 Å². The first-order chi connectivity index (χ1) is 10.8. The first kappa shape index (κ1) is 18.9. The summed E-state index contributed by atoms with van der Waals surface area (Å²) < 4.78 is 15.1.